The fourth-order valence-electron chi connectivity index (χ4n) is 3.69. The molecule has 0 bridgehead atoms. The van der Waals surface area contributed by atoms with E-state index in [-0.39, 0.29) is 12.5 Å². The molecule has 2 saturated carbocycles. The Hall–Kier alpha value is -1.10. The standard InChI is InChI=1S/C14H22N2O3/c17-13(15-10-5-6-10)8-16-11-4-2-1-3-9(11)7-12(16)14(18)19/h9-12H,1-8H2,(H,15,17)(H,18,19)/t9-,11+,12+/m1/s1. The Labute approximate surface area is 113 Å². The number of rotatable bonds is 4. The minimum Gasteiger partial charge on any atom is -0.480 e. The van der Waals surface area contributed by atoms with Gasteiger partial charge in [0.05, 0.1) is 6.54 Å². The van der Waals surface area contributed by atoms with E-state index in [0.29, 0.717) is 18.0 Å². The lowest BCUT2D eigenvalue weighted by Gasteiger charge is -2.32. The Bertz CT molecular complexity index is 381. The van der Waals surface area contributed by atoms with E-state index in [9.17, 15) is 14.7 Å². The van der Waals surface area contributed by atoms with Gasteiger partial charge in [-0.2, -0.15) is 0 Å². The Kier molecular flexibility index (Phi) is 3.48. The van der Waals surface area contributed by atoms with Crippen LogP contribution in [0.2, 0.25) is 0 Å². The van der Waals surface area contributed by atoms with Gasteiger partial charge in [0.1, 0.15) is 6.04 Å². The molecule has 5 nitrogen and oxygen atoms in total. The van der Waals surface area contributed by atoms with Crippen LogP contribution >= 0.6 is 0 Å². The molecule has 0 radical (unpaired) electrons. The van der Waals surface area contributed by atoms with Crippen molar-refractivity contribution in [1.82, 2.24) is 10.2 Å². The number of hydrogen-bond donors (Lipinski definition) is 2. The number of aliphatic carboxylic acids is 1. The molecule has 0 aromatic heterocycles. The maximum absolute atomic E-state index is 11.9. The van der Waals surface area contributed by atoms with Crippen LogP contribution in [0.1, 0.15) is 44.9 Å². The van der Waals surface area contributed by atoms with E-state index >= 15 is 0 Å². The molecule has 0 aromatic rings. The van der Waals surface area contributed by atoms with Gasteiger partial charge in [-0.25, -0.2) is 0 Å². The zero-order valence-corrected chi connectivity index (χ0v) is 11.2. The maximum Gasteiger partial charge on any atom is 0.320 e. The molecule has 2 aliphatic carbocycles. The van der Waals surface area contributed by atoms with E-state index in [1.807, 2.05) is 4.90 Å². The number of nitrogens with zero attached hydrogens (tertiary/aromatic N) is 1. The molecule has 106 valence electrons. The first-order chi connectivity index (χ1) is 9.15. The van der Waals surface area contributed by atoms with Crippen LogP contribution in [0.15, 0.2) is 0 Å². The van der Waals surface area contributed by atoms with Crippen molar-refractivity contribution in [3.8, 4) is 0 Å². The lowest BCUT2D eigenvalue weighted by atomic mass is 9.85. The van der Waals surface area contributed by atoms with E-state index in [2.05, 4.69) is 5.32 Å². The van der Waals surface area contributed by atoms with Gasteiger partial charge in [0.15, 0.2) is 0 Å². The molecule has 0 aromatic carbocycles. The molecule has 3 fully saturated rings. The molecule has 2 N–H and O–H groups in total. The molecule has 3 aliphatic rings. The summed E-state index contributed by atoms with van der Waals surface area (Å²) in [5.41, 5.74) is 0. The number of amides is 1. The lowest BCUT2D eigenvalue weighted by molar-refractivity contribution is -0.143. The zero-order valence-electron chi connectivity index (χ0n) is 11.2. The molecule has 1 saturated heterocycles. The Morgan fingerprint density at radius 3 is 2.58 bits per heavy atom. The van der Waals surface area contributed by atoms with Crippen LogP contribution in [-0.4, -0.2) is 46.6 Å². The molecular formula is C14H22N2O3. The normalized spacial score (nSPS) is 34.8. The van der Waals surface area contributed by atoms with Gasteiger partial charge in [0.2, 0.25) is 5.91 Å². The molecule has 1 amide bonds. The minimum absolute atomic E-state index is 0.0000246. The highest BCUT2D eigenvalue weighted by atomic mass is 16.4. The molecule has 1 aliphatic heterocycles. The molecule has 19 heavy (non-hydrogen) atoms. The summed E-state index contributed by atoms with van der Waals surface area (Å²) in [7, 11) is 0. The topological polar surface area (TPSA) is 69.6 Å². The molecule has 3 atom stereocenters. The van der Waals surface area contributed by atoms with Crippen molar-refractivity contribution in [2.45, 2.75) is 63.1 Å². The van der Waals surface area contributed by atoms with Gasteiger partial charge in [-0.3, -0.25) is 14.5 Å². The lowest BCUT2D eigenvalue weighted by Crippen LogP contribution is -2.47. The summed E-state index contributed by atoms with van der Waals surface area (Å²) in [6.45, 7) is 0.259. The van der Waals surface area contributed by atoms with Crippen LogP contribution in [0.25, 0.3) is 0 Å². The van der Waals surface area contributed by atoms with Gasteiger partial charge < -0.3 is 10.4 Å². The van der Waals surface area contributed by atoms with E-state index in [4.69, 9.17) is 0 Å². The largest absolute Gasteiger partial charge is 0.480 e. The highest BCUT2D eigenvalue weighted by molar-refractivity contribution is 5.80. The summed E-state index contributed by atoms with van der Waals surface area (Å²) in [5, 5.41) is 12.3. The van der Waals surface area contributed by atoms with Crippen molar-refractivity contribution >= 4 is 11.9 Å². The monoisotopic (exact) mass is 266 g/mol. The van der Waals surface area contributed by atoms with Gasteiger partial charge in [0, 0.05) is 12.1 Å². The first-order valence-corrected chi connectivity index (χ1v) is 7.43. The fourth-order valence-corrected chi connectivity index (χ4v) is 3.69. The average Bonchev–Trinajstić information content (AvgIpc) is 3.10. The predicted molar refractivity (Wildman–Crippen MR) is 69.7 cm³/mol. The third kappa shape index (κ3) is 2.76. The highest BCUT2D eigenvalue weighted by Crippen LogP contribution is 2.39. The second-order valence-electron chi connectivity index (χ2n) is 6.22. The number of carbonyl (C=O) groups excluding carboxylic acids is 1. The smallest absolute Gasteiger partial charge is 0.320 e. The Balaban J connectivity index is 1.66. The van der Waals surface area contributed by atoms with E-state index in [0.717, 1.165) is 38.5 Å². The van der Waals surface area contributed by atoms with Crippen LogP contribution in [0.3, 0.4) is 0 Å². The van der Waals surface area contributed by atoms with Crippen LogP contribution < -0.4 is 5.32 Å². The van der Waals surface area contributed by atoms with Gasteiger partial charge >= 0.3 is 5.97 Å². The zero-order chi connectivity index (χ0) is 13.4. The molecule has 0 spiro atoms. The third-order valence-corrected chi connectivity index (χ3v) is 4.77. The number of fused-ring (bicyclic) bond motifs is 1. The predicted octanol–water partition coefficient (Wildman–Crippen LogP) is 0.983. The van der Waals surface area contributed by atoms with Crippen molar-refractivity contribution in [3.05, 3.63) is 0 Å². The summed E-state index contributed by atoms with van der Waals surface area (Å²) in [4.78, 5) is 25.3. The number of nitrogens with one attached hydrogen (secondary N) is 1. The SMILES string of the molecule is O=C(CN1[C@H](C(=O)O)C[C@H]2CCCC[C@@H]21)NC1CC1. The summed E-state index contributed by atoms with van der Waals surface area (Å²) in [6, 6.07) is 0.193. The van der Waals surface area contributed by atoms with E-state index < -0.39 is 12.0 Å². The number of carbonyl (C=O) groups is 2. The molecule has 5 heteroatoms. The summed E-state index contributed by atoms with van der Waals surface area (Å²) in [5.74, 6) is -0.294. The van der Waals surface area contributed by atoms with Crippen LogP contribution in [0.5, 0.6) is 0 Å². The average molecular weight is 266 g/mol. The first-order valence-electron chi connectivity index (χ1n) is 7.43. The minimum atomic E-state index is -0.770. The van der Waals surface area contributed by atoms with Crippen molar-refractivity contribution in [3.63, 3.8) is 0 Å². The number of carboxylic acids is 1. The van der Waals surface area contributed by atoms with Crippen LogP contribution in [0.4, 0.5) is 0 Å². The summed E-state index contributed by atoms with van der Waals surface area (Å²) in [6.07, 6.45) is 7.39. The van der Waals surface area contributed by atoms with E-state index in [1.165, 1.54) is 6.42 Å². The first kappa shape index (κ1) is 12.9. The summed E-state index contributed by atoms with van der Waals surface area (Å²) < 4.78 is 0. The molecular weight excluding hydrogens is 244 g/mol. The fraction of sp³-hybridized carbons (Fsp3) is 0.857. The van der Waals surface area contributed by atoms with Gasteiger partial charge in [-0.15, -0.1) is 0 Å². The van der Waals surface area contributed by atoms with Crippen molar-refractivity contribution in [2.24, 2.45) is 5.92 Å². The Morgan fingerprint density at radius 2 is 1.89 bits per heavy atom. The van der Waals surface area contributed by atoms with Gasteiger partial charge in [-0.1, -0.05) is 12.8 Å². The second kappa shape index (κ2) is 5.12. The van der Waals surface area contributed by atoms with Crippen LogP contribution in [0, 0.1) is 5.92 Å². The second-order valence-corrected chi connectivity index (χ2v) is 6.22. The van der Waals surface area contributed by atoms with Crippen LogP contribution in [-0.2, 0) is 9.59 Å². The van der Waals surface area contributed by atoms with Crippen molar-refractivity contribution in [1.29, 1.82) is 0 Å². The maximum atomic E-state index is 11.9. The highest BCUT2D eigenvalue weighted by Gasteiger charge is 2.45. The number of carboxylic acid groups (broad SMARTS) is 1. The quantitative estimate of drug-likeness (QED) is 0.796. The number of hydrogen-bond acceptors (Lipinski definition) is 3. The molecule has 0 unspecified atom stereocenters. The summed E-state index contributed by atoms with van der Waals surface area (Å²) >= 11 is 0. The molecule has 1 heterocycles. The van der Waals surface area contributed by atoms with Crippen molar-refractivity contribution < 1.29 is 14.7 Å². The van der Waals surface area contributed by atoms with Gasteiger partial charge in [-0.05, 0) is 38.0 Å². The Morgan fingerprint density at radius 1 is 1.16 bits per heavy atom. The van der Waals surface area contributed by atoms with Gasteiger partial charge in [0.25, 0.3) is 0 Å². The number of likely N-dealkylation sites (tertiary alicyclic amines) is 1. The third-order valence-electron chi connectivity index (χ3n) is 4.77. The van der Waals surface area contributed by atoms with E-state index in [1.54, 1.807) is 0 Å². The molecule has 3 rings (SSSR count). The van der Waals surface area contributed by atoms with Crippen molar-refractivity contribution in [2.75, 3.05) is 6.54 Å².